The molecular formula is C16H17N5OS. The molecule has 0 aliphatic carbocycles. The fourth-order valence-corrected chi connectivity index (χ4v) is 3.11. The minimum atomic E-state index is 0.0435. The first-order valence-electron chi connectivity index (χ1n) is 7.41. The highest BCUT2D eigenvalue weighted by Crippen LogP contribution is 2.28. The van der Waals surface area contributed by atoms with Gasteiger partial charge in [0, 0.05) is 22.7 Å². The molecule has 1 aromatic carbocycles. The molecule has 0 fully saturated rings. The highest BCUT2D eigenvalue weighted by molar-refractivity contribution is 7.99. The molecule has 3 aromatic rings. The van der Waals surface area contributed by atoms with Crippen LogP contribution in [-0.2, 0) is 4.79 Å². The van der Waals surface area contributed by atoms with E-state index in [-0.39, 0.29) is 5.91 Å². The van der Waals surface area contributed by atoms with Crippen LogP contribution in [0.5, 0.6) is 0 Å². The smallest absolute Gasteiger partial charge is 0.253 e. The van der Waals surface area contributed by atoms with Gasteiger partial charge in [-0.2, -0.15) is 14.6 Å². The Balaban J connectivity index is 1.77. The number of rotatable bonds is 5. The van der Waals surface area contributed by atoms with Gasteiger partial charge in [0.05, 0.1) is 0 Å². The van der Waals surface area contributed by atoms with Crippen LogP contribution in [-0.4, -0.2) is 25.5 Å². The van der Waals surface area contributed by atoms with E-state index < -0.39 is 0 Å². The summed E-state index contributed by atoms with van der Waals surface area (Å²) in [5.41, 5.74) is 1.71. The summed E-state index contributed by atoms with van der Waals surface area (Å²) in [7, 11) is 0. The topological polar surface area (TPSA) is 72.2 Å². The van der Waals surface area contributed by atoms with Gasteiger partial charge in [-0.25, -0.2) is 4.98 Å². The Kier molecular flexibility index (Phi) is 4.57. The first-order valence-corrected chi connectivity index (χ1v) is 8.22. The molecule has 0 spiro atoms. The highest BCUT2D eigenvalue weighted by Gasteiger charge is 2.08. The van der Waals surface area contributed by atoms with Crippen LogP contribution in [0.2, 0.25) is 0 Å². The van der Waals surface area contributed by atoms with Crippen LogP contribution in [0, 0.1) is 6.92 Å². The van der Waals surface area contributed by atoms with Crippen molar-refractivity contribution in [3.63, 3.8) is 0 Å². The standard InChI is InChI=1S/C16H17N5OS/c1-3-4-14(22)20-12-5-7-13(8-6-12)23-15-9-11(2)19-16-17-10-18-21(15)16/h5-10H,3-4H2,1-2H3,(H,20,22). The lowest BCUT2D eigenvalue weighted by Gasteiger charge is -2.07. The summed E-state index contributed by atoms with van der Waals surface area (Å²) in [6.45, 7) is 3.92. The van der Waals surface area contributed by atoms with Crippen molar-refractivity contribution in [3.8, 4) is 0 Å². The second-order valence-electron chi connectivity index (χ2n) is 5.13. The number of hydrogen-bond acceptors (Lipinski definition) is 5. The highest BCUT2D eigenvalue weighted by atomic mass is 32.2. The molecule has 0 bridgehead atoms. The van der Waals surface area contributed by atoms with Crippen molar-refractivity contribution < 1.29 is 4.79 Å². The van der Waals surface area contributed by atoms with E-state index in [1.165, 1.54) is 6.33 Å². The Bertz CT molecular complexity index is 828. The maximum absolute atomic E-state index is 11.6. The third-order valence-corrected chi connectivity index (χ3v) is 4.19. The second kappa shape index (κ2) is 6.78. The summed E-state index contributed by atoms with van der Waals surface area (Å²) >= 11 is 1.58. The first-order chi connectivity index (χ1) is 11.2. The Morgan fingerprint density at radius 2 is 2.09 bits per heavy atom. The number of carbonyl (C=O) groups excluding carboxylic acids is 1. The summed E-state index contributed by atoms with van der Waals surface area (Å²) in [5.74, 6) is 0.637. The van der Waals surface area contributed by atoms with Crippen LogP contribution in [0.15, 0.2) is 46.6 Å². The molecule has 0 unspecified atom stereocenters. The van der Waals surface area contributed by atoms with Crippen molar-refractivity contribution in [2.45, 2.75) is 36.6 Å². The van der Waals surface area contributed by atoms with E-state index in [0.29, 0.717) is 12.2 Å². The van der Waals surface area contributed by atoms with Gasteiger partial charge in [0.15, 0.2) is 0 Å². The molecule has 23 heavy (non-hydrogen) atoms. The minimum Gasteiger partial charge on any atom is -0.326 e. The Labute approximate surface area is 138 Å². The minimum absolute atomic E-state index is 0.0435. The van der Waals surface area contributed by atoms with Crippen molar-refractivity contribution in [1.82, 2.24) is 19.6 Å². The molecule has 0 aliphatic rings. The Morgan fingerprint density at radius 1 is 1.30 bits per heavy atom. The number of amides is 1. The van der Waals surface area contributed by atoms with Crippen molar-refractivity contribution >= 4 is 29.1 Å². The summed E-state index contributed by atoms with van der Waals surface area (Å²) < 4.78 is 1.72. The molecule has 0 radical (unpaired) electrons. The number of carbonyl (C=O) groups is 1. The molecule has 3 rings (SSSR count). The Hall–Kier alpha value is -2.41. The Morgan fingerprint density at radius 3 is 2.83 bits per heavy atom. The molecule has 0 aliphatic heterocycles. The quantitative estimate of drug-likeness (QED) is 0.728. The zero-order valence-corrected chi connectivity index (χ0v) is 13.8. The summed E-state index contributed by atoms with van der Waals surface area (Å²) in [4.78, 5) is 21.1. The first kappa shape index (κ1) is 15.5. The molecule has 1 N–H and O–H groups in total. The number of nitrogens with zero attached hydrogens (tertiary/aromatic N) is 4. The van der Waals surface area contributed by atoms with Crippen LogP contribution in [0.1, 0.15) is 25.5 Å². The van der Waals surface area contributed by atoms with Crippen LogP contribution < -0.4 is 5.32 Å². The number of aromatic nitrogens is 4. The van der Waals surface area contributed by atoms with Crippen LogP contribution in [0.4, 0.5) is 5.69 Å². The molecule has 7 heteroatoms. The number of aryl methyl sites for hydroxylation is 1. The van der Waals surface area contributed by atoms with Gasteiger partial charge >= 0.3 is 0 Å². The van der Waals surface area contributed by atoms with Crippen molar-refractivity contribution in [2.24, 2.45) is 0 Å². The monoisotopic (exact) mass is 327 g/mol. The van der Waals surface area contributed by atoms with Crippen molar-refractivity contribution in [3.05, 3.63) is 42.4 Å². The summed E-state index contributed by atoms with van der Waals surface area (Å²) in [6.07, 6.45) is 2.88. The predicted molar refractivity (Wildman–Crippen MR) is 89.6 cm³/mol. The van der Waals surface area contributed by atoms with E-state index in [1.54, 1.807) is 16.3 Å². The van der Waals surface area contributed by atoms with Crippen molar-refractivity contribution in [2.75, 3.05) is 5.32 Å². The summed E-state index contributed by atoms with van der Waals surface area (Å²) in [5, 5.41) is 8.03. The molecule has 0 atom stereocenters. The van der Waals surface area contributed by atoms with Gasteiger partial charge in [-0.05, 0) is 43.7 Å². The summed E-state index contributed by atoms with van der Waals surface area (Å²) in [6, 6.07) is 9.74. The average Bonchev–Trinajstić information content (AvgIpc) is 2.98. The third kappa shape index (κ3) is 3.68. The number of fused-ring (bicyclic) bond motifs is 1. The number of anilines is 1. The van der Waals surface area contributed by atoms with E-state index in [2.05, 4.69) is 20.4 Å². The lowest BCUT2D eigenvalue weighted by Crippen LogP contribution is -2.10. The van der Waals surface area contributed by atoms with E-state index in [9.17, 15) is 4.79 Å². The van der Waals surface area contributed by atoms with E-state index >= 15 is 0 Å². The normalized spacial score (nSPS) is 10.9. The van der Waals surface area contributed by atoms with Gasteiger partial charge in [0.25, 0.3) is 5.78 Å². The maximum Gasteiger partial charge on any atom is 0.253 e. The zero-order chi connectivity index (χ0) is 16.2. The molecule has 6 nitrogen and oxygen atoms in total. The lowest BCUT2D eigenvalue weighted by atomic mass is 10.3. The molecule has 1 amide bonds. The van der Waals surface area contributed by atoms with E-state index in [4.69, 9.17) is 0 Å². The van der Waals surface area contributed by atoms with Gasteiger partial charge in [0.2, 0.25) is 5.91 Å². The van der Waals surface area contributed by atoms with Gasteiger partial charge in [-0.15, -0.1) is 0 Å². The fraction of sp³-hybridized carbons (Fsp3) is 0.250. The largest absolute Gasteiger partial charge is 0.326 e. The number of hydrogen-bond donors (Lipinski definition) is 1. The molecule has 2 heterocycles. The van der Waals surface area contributed by atoms with Gasteiger partial charge in [0.1, 0.15) is 11.4 Å². The molecule has 118 valence electrons. The van der Waals surface area contributed by atoms with E-state index in [1.807, 2.05) is 44.2 Å². The van der Waals surface area contributed by atoms with E-state index in [0.717, 1.165) is 27.7 Å². The van der Waals surface area contributed by atoms with Gasteiger partial charge < -0.3 is 5.32 Å². The van der Waals surface area contributed by atoms with Gasteiger partial charge in [-0.1, -0.05) is 18.7 Å². The fourth-order valence-electron chi connectivity index (χ4n) is 2.15. The molecule has 0 saturated heterocycles. The van der Waals surface area contributed by atoms with Crippen molar-refractivity contribution in [1.29, 1.82) is 0 Å². The SMILES string of the molecule is CCCC(=O)Nc1ccc(Sc2cc(C)nc3ncnn23)cc1. The number of benzene rings is 1. The number of nitrogens with one attached hydrogen (secondary N) is 1. The maximum atomic E-state index is 11.6. The predicted octanol–water partition coefficient (Wildman–Crippen LogP) is 3.32. The second-order valence-corrected chi connectivity index (χ2v) is 6.23. The third-order valence-electron chi connectivity index (χ3n) is 3.18. The van der Waals surface area contributed by atoms with Gasteiger partial charge in [-0.3, -0.25) is 4.79 Å². The molecule has 2 aromatic heterocycles. The molecule has 0 saturated carbocycles. The van der Waals surface area contributed by atoms with Crippen LogP contribution in [0.25, 0.3) is 5.78 Å². The van der Waals surface area contributed by atoms with Crippen LogP contribution in [0.3, 0.4) is 0 Å². The van der Waals surface area contributed by atoms with Crippen LogP contribution >= 0.6 is 11.8 Å². The lowest BCUT2D eigenvalue weighted by molar-refractivity contribution is -0.116. The zero-order valence-electron chi connectivity index (χ0n) is 13.0. The average molecular weight is 327 g/mol. The molecular weight excluding hydrogens is 310 g/mol.